The predicted octanol–water partition coefficient (Wildman–Crippen LogP) is 5.63. The zero-order chi connectivity index (χ0) is 25.8. The maximum atomic E-state index is 12.1. The van der Waals surface area contributed by atoms with Crippen LogP contribution in [0.4, 0.5) is 0 Å². The van der Waals surface area contributed by atoms with Gasteiger partial charge in [-0.1, -0.05) is 42.5 Å². The number of hydrogen-bond donors (Lipinski definition) is 0. The first-order valence-electron chi connectivity index (χ1n) is 11.8. The summed E-state index contributed by atoms with van der Waals surface area (Å²) in [4.78, 5) is 25.5. The third-order valence-electron chi connectivity index (χ3n) is 5.61. The Morgan fingerprint density at radius 1 is 0.892 bits per heavy atom. The van der Waals surface area contributed by atoms with Gasteiger partial charge in [-0.2, -0.15) is 0 Å². The van der Waals surface area contributed by atoms with Crippen LogP contribution >= 0.6 is 0 Å². The maximum absolute atomic E-state index is 12.1. The molecule has 0 spiro atoms. The molecule has 0 aliphatic carbocycles. The number of carbonyl (C=O) groups excluding carboxylic acids is 1. The van der Waals surface area contributed by atoms with Crippen LogP contribution in [0.2, 0.25) is 0 Å². The summed E-state index contributed by atoms with van der Waals surface area (Å²) < 4.78 is 12.3. The van der Waals surface area contributed by atoms with Crippen LogP contribution < -0.4 is 4.74 Å². The molecule has 5 aromatic rings. The van der Waals surface area contributed by atoms with E-state index in [0.29, 0.717) is 28.6 Å². The van der Waals surface area contributed by atoms with E-state index in [-0.39, 0.29) is 6.10 Å². The Labute approximate surface area is 214 Å². The summed E-state index contributed by atoms with van der Waals surface area (Å²) in [5.41, 5.74) is 4.63. The van der Waals surface area contributed by atoms with Crippen LogP contribution in [0.5, 0.6) is 5.75 Å². The van der Waals surface area contributed by atoms with Crippen LogP contribution in [0.15, 0.2) is 91.4 Å². The van der Waals surface area contributed by atoms with E-state index >= 15 is 0 Å². The summed E-state index contributed by atoms with van der Waals surface area (Å²) in [5, 5.41) is 4.76. The minimum absolute atomic E-state index is 0.132. The van der Waals surface area contributed by atoms with Gasteiger partial charge in [0.25, 0.3) is 0 Å². The van der Waals surface area contributed by atoms with Crippen LogP contribution in [-0.2, 0) is 4.74 Å². The number of hydrogen-bond acceptors (Lipinski definition) is 7. The smallest absolute Gasteiger partial charge is 0.337 e. The second kappa shape index (κ2) is 10.4. The van der Waals surface area contributed by atoms with Gasteiger partial charge in [0.05, 0.1) is 30.7 Å². The van der Waals surface area contributed by atoms with Crippen molar-refractivity contribution in [2.45, 2.75) is 20.0 Å². The van der Waals surface area contributed by atoms with Gasteiger partial charge in [-0.15, -0.1) is 5.10 Å². The van der Waals surface area contributed by atoms with Gasteiger partial charge < -0.3 is 9.47 Å². The van der Waals surface area contributed by atoms with Crippen molar-refractivity contribution in [3.05, 3.63) is 97.0 Å². The number of rotatable bonds is 7. The van der Waals surface area contributed by atoms with Gasteiger partial charge in [0.1, 0.15) is 11.4 Å². The maximum Gasteiger partial charge on any atom is 0.337 e. The molecule has 37 heavy (non-hydrogen) atoms. The topological polar surface area (TPSA) is 92.0 Å². The molecule has 5 rings (SSSR count). The number of esters is 1. The fourth-order valence-electron chi connectivity index (χ4n) is 3.89. The number of carbonyl (C=O) groups is 1. The zero-order valence-electron chi connectivity index (χ0n) is 20.7. The van der Waals surface area contributed by atoms with Gasteiger partial charge in [0.15, 0.2) is 11.6 Å². The van der Waals surface area contributed by atoms with Crippen molar-refractivity contribution in [2.75, 3.05) is 7.11 Å². The van der Waals surface area contributed by atoms with Gasteiger partial charge in [-0.25, -0.2) is 19.4 Å². The van der Waals surface area contributed by atoms with Crippen LogP contribution in [-0.4, -0.2) is 43.9 Å². The lowest BCUT2D eigenvalue weighted by Crippen LogP contribution is -2.05. The SMILES string of the molecule is COC(=O)c1cccc(-n2nc(-c3ccc(-c4ccc(OC(C)C)cc4)cc3)nc2-c2cnccn2)c1. The van der Waals surface area contributed by atoms with Crippen molar-refractivity contribution in [2.24, 2.45) is 0 Å². The standard InChI is InChI=1S/C29H25N5O3/c1-19(2)37-25-13-11-21(12-14-25)20-7-9-22(10-8-20)27-32-28(26-18-30-15-16-31-26)34(33-27)24-6-4-5-23(17-24)29(35)36-3/h4-19H,1-3H3. The van der Waals surface area contributed by atoms with Crippen LogP contribution in [0, 0.1) is 0 Å². The van der Waals surface area contributed by atoms with E-state index in [4.69, 9.17) is 19.6 Å². The van der Waals surface area contributed by atoms with E-state index in [1.165, 1.54) is 7.11 Å². The molecule has 0 aliphatic rings. The fourth-order valence-corrected chi connectivity index (χ4v) is 3.89. The number of methoxy groups -OCH3 is 1. The average molecular weight is 492 g/mol. The molecule has 8 heteroatoms. The number of aromatic nitrogens is 5. The summed E-state index contributed by atoms with van der Waals surface area (Å²) >= 11 is 0. The molecule has 2 heterocycles. The first kappa shape index (κ1) is 23.9. The molecule has 3 aromatic carbocycles. The number of benzene rings is 3. The molecule has 0 unspecified atom stereocenters. The molecule has 184 valence electrons. The lowest BCUT2D eigenvalue weighted by molar-refractivity contribution is 0.0600. The van der Waals surface area contributed by atoms with Gasteiger partial charge in [-0.05, 0) is 55.3 Å². The molecule has 8 nitrogen and oxygen atoms in total. The minimum atomic E-state index is -0.428. The molecule has 0 fully saturated rings. The third kappa shape index (κ3) is 5.23. The zero-order valence-corrected chi connectivity index (χ0v) is 20.7. The molecule has 0 radical (unpaired) electrons. The van der Waals surface area contributed by atoms with Crippen LogP contribution in [0.3, 0.4) is 0 Å². The van der Waals surface area contributed by atoms with E-state index in [2.05, 4.69) is 9.97 Å². The Bertz CT molecular complexity index is 1510. The molecule has 2 aromatic heterocycles. The highest BCUT2D eigenvalue weighted by molar-refractivity contribution is 5.90. The van der Waals surface area contributed by atoms with Crippen molar-refractivity contribution in [3.63, 3.8) is 0 Å². The molecular formula is C29H25N5O3. The van der Waals surface area contributed by atoms with E-state index in [1.807, 2.05) is 68.4 Å². The van der Waals surface area contributed by atoms with Crippen LogP contribution in [0.1, 0.15) is 24.2 Å². The lowest BCUT2D eigenvalue weighted by atomic mass is 10.0. The molecule has 0 saturated heterocycles. The Hall–Kier alpha value is -4.85. The molecular weight excluding hydrogens is 466 g/mol. The first-order valence-corrected chi connectivity index (χ1v) is 11.8. The van der Waals surface area contributed by atoms with Gasteiger partial charge >= 0.3 is 5.97 Å². The highest BCUT2D eigenvalue weighted by atomic mass is 16.5. The Balaban J connectivity index is 1.50. The van der Waals surface area contributed by atoms with Crippen molar-refractivity contribution >= 4 is 5.97 Å². The van der Waals surface area contributed by atoms with E-state index < -0.39 is 5.97 Å². The van der Waals surface area contributed by atoms with Crippen molar-refractivity contribution in [1.82, 2.24) is 24.7 Å². The summed E-state index contributed by atoms with van der Waals surface area (Å²) in [7, 11) is 1.35. The molecule has 0 saturated carbocycles. The largest absolute Gasteiger partial charge is 0.491 e. The quantitative estimate of drug-likeness (QED) is 0.272. The fraction of sp³-hybridized carbons (Fsp3) is 0.138. The first-order chi connectivity index (χ1) is 18.0. The summed E-state index contributed by atoms with van der Waals surface area (Å²) in [5.74, 6) is 1.45. The molecule has 0 bridgehead atoms. The second-order valence-corrected chi connectivity index (χ2v) is 8.57. The highest BCUT2D eigenvalue weighted by Gasteiger charge is 2.17. The summed E-state index contributed by atoms with van der Waals surface area (Å²) in [6.07, 6.45) is 4.96. The van der Waals surface area contributed by atoms with Gasteiger partial charge in [0.2, 0.25) is 0 Å². The number of nitrogens with zero attached hydrogens (tertiary/aromatic N) is 5. The van der Waals surface area contributed by atoms with E-state index in [9.17, 15) is 4.79 Å². The van der Waals surface area contributed by atoms with Crippen LogP contribution in [0.25, 0.3) is 39.7 Å². The molecule has 0 aliphatic heterocycles. The van der Waals surface area contributed by atoms with Gasteiger partial charge in [0, 0.05) is 18.0 Å². The molecule has 0 atom stereocenters. The number of ether oxygens (including phenoxy) is 2. The Morgan fingerprint density at radius 2 is 1.59 bits per heavy atom. The summed E-state index contributed by atoms with van der Waals surface area (Å²) in [6, 6.07) is 23.1. The predicted molar refractivity (Wildman–Crippen MR) is 140 cm³/mol. The highest BCUT2D eigenvalue weighted by Crippen LogP contribution is 2.28. The van der Waals surface area contributed by atoms with Gasteiger partial charge in [-0.3, -0.25) is 4.98 Å². The van der Waals surface area contributed by atoms with Crippen molar-refractivity contribution in [3.8, 4) is 45.5 Å². The van der Waals surface area contributed by atoms with Crippen molar-refractivity contribution < 1.29 is 14.3 Å². The minimum Gasteiger partial charge on any atom is -0.491 e. The van der Waals surface area contributed by atoms with E-state index in [1.54, 1.807) is 41.5 Å². The van der Waals surface area contributed by atoms with Crippen molar-refractivity contribution in [1.29, 1.82) is 0 Å². The average Bonchev–Trinajstić information content (AvgIpc) is 3.39. The summed E-state index contributed by atoms with van der Waals surface area (Å²) in [6.45, 7) is 4.02. The monoisotopic (exact) mass is 491 g/mol. The Kier molecular flexibility index (Phi) is 6.72. The Morgan fingerprint density at radius 3 is 2.24 bits per heavy atom. The van der Waals surface area contributed by atoms with E-state index in [0.717, 1.165) is 22.4 Å². The lowest BCUT2D eigenvalue weighted by Gasteiger charge is -2.10. The molecule has 0 amide bonds. The third-order valence-corrected chi connectivity index (χ3v) is 5.61. The molecule has 0 N–H and O–H groups in total. The second-order valence-electron chi connectivity index (χ2n) is 8.57. The normalized spacial score (nSPS) is 10.9.